The first-order chi connectivity index (χ1) is 9.12. The quantitative estimate of drug-likeness (QED) is 0.462. The summed E-state index contributed by atoms with van der Waals surface area (Å²) in [4.78, 5) is 10.5. The van der Waals surface area contributed by atoms with Crippen LogP contribution in [0.15, 0.2) is 29.9 Å². The van der Waals surface area contributed by atoms with Crippen molar-refractivity contribution in [3.8, 4) is 11.5 Å². The molecule has 0 aliphatic rings. The molecular weight excluding hydrogens is 246 g/mol. The molecule has 3 N–H and O–H groups in total. The Morgan fingerprint density at radius 1 is 1.47 bits per heavy atom. The predicted octanol–water partition coefficient (Wildman–Crippen LogP) is 1.43. The Labute approximate surface area is 111 Å². The lowest BCUT2D eigenvalue weighted by Gasteiger charge is -2.12. The SMILES string of the molecule is C=CCc1cc(C=NNC(N)=O)cc(OC)c1OC. The van der Waals surface area contributed by atoms with Gasteiger partial charge in [-0.1, -0.05) is 6.08 Å². The van der Waals surface area contributed by atoms with Gasteiger partial charge in [-0.05, 0) is 24.1 Å². The van der Waals surface area contributed by atoms with Crippen molar-refractivity contribution in [2.75, 3.05) is 14.2 Å². The zero-order valence-electron chi connectivity index (χ0n) is 11.0. The molecule has 1 aromatic rings. The van der Waals surface area contributed by atoms with E-state index in [1.165, 1.54) is 6.21 Å². The summed E-state index contributed by atoms with van der Waals surface area (Å²) in [7, 11) is 3.13. The van der Waals surface area contributed by atoms with Crippen LogP contribution in [-0.2, 0) is 6.42 Å². The van der Waals surface area contributed by atoms with E-state index in [-0.39, 0.29) is 0 Å². The molecule has 2 amide bonds. The van der Waals surface area contributed by atoms with Crippen molar-refractivity contribution < 1.29 is 14.3 Å². The van der Waals surface area contributed by atoms with Gasteiger partial charge in [-0.25, -0.2) is 10.2 Å². The highest BCUT2D eigenvalue weighted by atomic mass is 16.5. The Morgan fingerprint density at radius 2 is 2.21 bits per heavy atom. The number of hydrogen-bond acceptors (Lipinski definition) is 4. The van der Waals surface area contributed by atoms with Crippen molar-refractivity contribution in [2.24, 2.45) is 10.8 Å². The number of urea groups is 1. The number of carbonyl (C=O) groups is 1. The summed E-state index contributed by atoms with van der Waals surface area (Å²) in [5.41, 5.74) is 8.71. The van der Waals surface area contributed by atoms with Gasteiger partial charge < -0.3 is 15.2 Å². The third kappa shape index (κ3) is 4.02. The van der Waals surface area contributed by atoms with Crippen molar-refractivity contribution in [3.63, 3.8) is 0 Å². The lowest BCUT2D eigenvalue weighted by atomic mass is 10.1. The summed E-state index contributed by atoms with van der Waals surface area (Å²) < 4.78 is 10.6. The van der Waals surface area contributed by atoms with E-state index in [1.54, 1.807) is 26.4 Å². The number of nitrogens with zero attached hydrogens (tertiary/aromatic N) is 1. The van der Waals surface area contributed by atoms with Gasteiger partial charge >= 0.3 is 6.03 Å². The highest BCUT2D eigenvalue weighted by Gasteiger charge is 2.10. The first-order valence-corrected chi connectivity index (χ1v) is 5.56. The average molecular weight is 263 g/mol. The lowest BCUT2D eigenvalue weighted by Crippen LogP contribution is -2.24. The molecule has 0 spiro atoms. The van der Waals surface area contributed by atoms with Gasteiger partial charge in [0.1, 0.15) is 0 Å². The van der Waals surface area contributed by atoms with Crippen molar-refractivity contribution in [3.05, 3.63) is 35.9 Å². The Bertz CT molecular complexity index is 498. The molecule has 1 rings (SSSR count). The fourth-order valence-corrected chi connectivity index (χ4v) is 1.62. The van der Waals surface area contributed by atoms with Crippen LogP contribution in [0.1, 0.15) is 11.1 Å². The van der Waals surface area contributed by atoms with E-state index in [2.05, 4.69) is 17.1 Å². The maximum atomic E-state index is 10.5. The molecule has 0 radical (unpaired) electrons. The normalized spacial score (nSPS) is 10.2. The standard InChI is InChI=1S/C13H17N3O3/c1-4-5-10-6-9(8-15-16-13(14)17)7-11(18-2)12(10)19-3/h4,6-8H,1,5H2,2-3H3,(H3,14,16,17). The predicted molar refractivity (Wildman–Crippen MR) is 73.8 cm³/mol. The van der Waals surface area contributed by atoms with E-state index in [9.17, 15) is 4.79 Å². The van der Waals surface area contributed by atoms with Gasteiger partial charge in [-0.15, -0.1) is 6.58 Å². The van der Waals surface area contributed by atoms with Crippen LogP contribution in [0.2, 0.25) is 0 Å². The zero-order chi connectivity index (χ0) is 14.3. The van der Waals surface area contributed by atoms with Crippen molar-refractivity contribution in [1.82, 2.24) is 5.43 Å². The number of nitrogens with two attached hydrogens (primary N) is 1. The third-order valence-corrected chi connectivity index (χ3v) is 2.33. The second kappa shape index (κ2) is 7.05. The number of carbonyl (C=O) groups excluding carboxylic acids is 1. The van der Waals surface area contributed by atoms with E-state index < -0.39 is 6.03 Å². The molecule has 0 fully saturated rings. The van der Waals surface area contributed by atoms with E-state index in [0.29, 0.717) is 17.9 Å². The molecule has 102 valence electrons. The monoisotopic (exact) mass is 263 g/mol. The van der Waals surface area contributed by atoms with Crippen LogP contribution in [0.25, 0.3) is 0 Å². The Balaban J connectivity index is 3.12. The first-order valence-electron chi connectivity index (χ1n) is 5.56. The summed E-state index contributed by atoms with van der Waals surface area (Å²) in [5.74, 6) is 1.24. The molecule has 1 aromatic carbocycles. The number of hydrogen-bond donors (Lipinski definition) is 2. The Hall–Kier alpha value is -2.50. The zero-order valence-corrected chi connectivity index (χ0v) is 11.0. The molecule has 0 heterocycles. The summed E-state index contributed by atoms with van der Waals surface area (Å²) in [6.45, 7) is 3.70. The molecule has 6 nitrogen and oxygen atoms in total. The second-order valence-corrected chi connectivity index (χ2v) is 3.64. The minimum Gasteiger partial charge on any atom is -0.493 e. The van der Waals surface area contributed by atoms with E-state index in [4.69, 9.17) is 15.2 Å². The Morgan fingerprint density at radius 3 is 2.74 bits per heavy atom. The van der Waals surface area contributed by atoms with Crippen molar-refractivity contribution >= 4 is 12.2 Å². The number of hydrazone groups is 1. The molecule has 0 unspecified atom stereocenters. The highest BCUT2D eigenvalue weighted by Crippen LogP contribution is 2.32. The summed E-state index contributed by atoms with van der Waals surface area (Å²) in [5, 5.41) is 3.70. The molecule has 6 heteroatoms. The first kappa shape index (κ1) is 14.6. The number of amides is 2. The van der Waals surface area contributed by atoms with Crippen LogP contribution in [0.5, 0.6) is 11.5 Å². The summed E-state index contributed by atoms with van der Waals surface area (Å²) >= 11 is 0. The number of primary amides is 1. The fourth-order valence-electron chi connectivity index (χ4n) is 1.62. The number of nitrogens with one attached hydrogen (secondary N) is 1. The molecule has 0 aliphatic carbocycles. The van der Waals surface area contributed by atoms with Gasteiger partial charge in [0.2, 0.25) is 0 Å². The molecule has 0 saturated heterocycles. The van der Waals surface area contributed by atoms with Gasteiger partial charge in [0.15, 0.2) is 11.5 Å². The molecule has 0 saturated carbocycles. The molecule has 0 bridgehead atoms. The van der Waals surface area contributed by atoms with Crippen LogP contribution < -0.4 is 20.6 Å². The average Bonchev–Trinajstić information content (AvgIpc) is 2.38. The topological polar surface area (TPSA) is 85.9 Å². The number of benzene rings is 1. The van der Waals surface area contributed by atoms with Crippen LogP contribution in [-0.4, -0.2) is 26.5 Å². The molecule has 19 heavy (non-hydrogen) atoms. The molecule has 0 aliphatic heterocycles. The maximum Gasteiger partial charge on any atom is 0.332 e. The van der Waals surface area contributed by atoms with Crippen molar-refractivity contribution in [2.45, 2.75) is 6.42 Å². The van der Waals surface area contributed by atoms with Gasteiger partial charge in [0, 0.05) is 5.56 Å². The van der Waals surface area contributed by atoms with Crippen molar-refractivity contribution in [1.29, 1.82) is 0 Å². The minimum absolute atomic E-state index is 0.586. The second-order valence-electron chi connectivity index (χ2n) is 3.64. The number of methoxy groups -OCH3 is 2. The van der Waals surface area contributed by atoms with E-state index >= 15 is 0 Å². The third-order valence-electron chi connectivity index (χ3n) is 2.33. The van der Waals surface area contributed by atoms with Crippen LogP contribution >= 0.6 is 0 Å². The van der Waals surface area contributed by atoms with Gasteiger partial charge in [-0.2, -0.15) is 5.10 Å². The number of rotatable bonds is 6. The Kier molecular flexibility index (Phi) is 5.40. The lowest BCUT2D eigenvalue weighted by molar-refractivity contribution is 0.249. The van der Waals surface area contributed by atoms with Gasteiger partial charge in [0.05, 0.1) is 20.4 Å². The maximum absolute atomic E-state index is 10.5. The number of ether oxygens (including phenoxy) is 2. The highest BCUT2D eigenvalue weighted by molar-refractivity contribution is 5.83. The summed E-state index contributed by atoms with van der Waals surface area (Å²) in [6.07, 6.45) is 3.86. The summed E-state index contributed by atoms with van der Waals surface area (Å²) in [6, 6.07) is 2.90. The smallest absolute Gasteiger partial charge is 0.332 e. The van der Waals surface area contributed by atoms with E-state index in [0.717, 1.165) is 11.1 Å². The fraction of sp³-hybridized carbons (Fsp3) is 0.231. The van der Waals surface area contributed by atoms with Crippen LogP contribution in [0.3, 0.4) is 0 Å². The molecular formula is C13H17N3O3. The molecule has 0 atom stereocenters. The number of allylic oxidation sites excluding steroid dienone is 1. The van der Waals surface area contributed by atoms with Crippen LogP contribution in [0, 0.1) is 0 Å². The van der Waals surface area contributed by atoms with E-state index in [1.807, 2.05) is 6.07 Å². The van der Waals surface area contributed by atoms with Gasteiger partial charge in [-0.3, -0.25) is 0 Å². The molecule has 0 aromatic heterocycles. The van der Waals surface area contributed by atoms with Gasteiger partial charge in [0.25, 0.3) is 0 Å². The largest absolute Gasteiger partial charge is 0.493 e. The van der Waals surface area contributed by atoms with Crippen LogP contribution in [0.4, 0.5) is 4.79 Å². The minimum atomic E-state index is -0.719.